The standard InChI is InChI=1S/C3HN8O4/c4-7-6-3-2(10(12)13)5-1-9(3)8-11(14)15/h1H/q-1. The summed E-state index contributed by atoms with van der Waals surface area (Å²) in [5, 5.41) is 22.1. The molecule has 1 rings (SSSR count). The quantitative estimate of drug-likeness (QED) is 0.239. The van der Waals surface area contributed by atoms with E-state index in [1.807, 2.05) is 0 Å². The molecule has 1 aromatic heterocycles. The van der Waals surface area contributed by atoms with Crippen LogP contribution in [-0.2, 0) is 0 Å². The summed E-state index contributed by atoms with van der Waals surface area (Å²) < 4.78 is 0.401. The summed E-state index contributed by atoms with van der Waals surface area (Å²) in [6.45, 7) is 0. The highest BCUT2D eigenvalue weighted by Gasteiger charge is 2.22. The van der Waals surface area contributed by atoms with Gasteiger partial charge in [0.15, 0.2) is 0 Å². The van der Waals surface area contributed by atoms with E-state index in [4.69, 9.17) is 5.53 Å². The largest absolute Gasteiger partial charge is 0.416 e. The summed E-state index contributed by atoms with van der Waals surface area (Å²) in [5.41, 5.74) is 10.8. The predicted octanol–water partition coefficient (Wildman–Crippen LogP) is 1.06. The van der Waals surface area contributed by atoms with Crippen LogP contribution in [0, 0.1) is 20.2 Å². The molecule has 0 saturated heterocycles. The Labute approximate surface area is 80.0 Å². The SMILES string of the molecule is [N-]=[N+]=Nc1c([N+](=O)[O-])ncn1[N-][N+](=O)[O-]. The molecule has 15 heavy (non-hydrogen) atoms. The van der Waals surface area contributed by atoms with Crippen LogP contribution in [0.3, 0.4) is 0 Å². The van der Waals surface area contributed by atoms with E-state index in [1.54, 1.807) is 0 Å². The molecular weight excluding hydrogens is 212 g/mol. The number of imidazole rings is 1. The van der Waals surface area contributed by atoms with Crippen LogP contribution in [0.4, 0.5) is 11.6 Å². The first kappa shape index (κ1) is 10.2. The van der Waals surface area contributed by atoms with E-state index in [9.17, 15) is 20.2 Å². The number of nitrogens with zero attached hydrogens (tertiary/aromatic N) is 8. The van der Waals surface area contributed by atoms with Gasteiger partial charge in [0.2, 0.25) is 0 Å². The lowest BCUT2D eigenvalue weighted by molar-refractivity contribution is -0.432. The molecule has 1 aromatic rings. The number of azide groups is 1. The Morgan fingerprint density at radius 1 is 1.60 bits per heavy atom. The normalized spacial score (nSPS) is 9.07. The van der Waals surface area contributed by atoms with Crippen LogP contribution < -0.4 is 0 Å². The average Bonchev–Trinajstić information content (AvgIpc) is 2.48. The van der Waals surface area contributed by atoms with Gasteiger partial charge >= 0.3 is 5.82 Å². The Kier molecular flexibility index (Phi) is 2.64. The highest BCUT2D eigenvalue weighted by molar-refractivity contribution is 5.47. The number of aromatic nitrogens is 2. The molecular formula is C3HN8O4-. The van der Waals surface area contributed by atoms with Crippen LogP contribution in [0.15, 0.2) is 11.4 Å². The summed E-state index contributed by atoms with van der Waals surface area (Å²) in [6, 6.07) is 0. The van der Waals surface area contributed by atoms with Crippen molar-refractivity contribution in [1.82, 2.24) is 9.66 Å². The minimum absolute atomic E-state index is 0.401. The van der Waals surface area contributed by atoms with Gasteiger partial charge in [-0.3, -0.25) is 5.53 Å². The first-order valence-electron chi connectivity index (χ1n) is 3.19. The van der Waals surface area contributed by atoms with E-state index < -0.39 is 21.6 Å². The molecule has 0 fully saturated rings. The molecule has 78 valence electrons. The first-order valence-corrected chi connectivity index (χ1v) is 3.19. The Morgan fingerprint density at radius 2 is 2.27 bits per heavy atom. The maximum atomic E-state index is 10.3. The summed E-state index contributed by atoms with van der Waals surface area (Å²) in [4.78, 5) is 24.8. The van der Waals surface area contributed by atoms with Crippen molar-refractivity contribution < 1.29 is 9.96 Å². The number of hydrogen-bond donors (Lipinski definition) is 0. The Balaban J connectivity index is 3.23. The maximum Gasteiger partial charge on any atom is 0.416 e. The third kappa shape index (κ3) is 2.07. The van der Waals surface area contributed by atoms with E-state index in [2.05, 4.69) is 20.5 Å². The molecule has 1 heterocycles. The zero-order valence-corrected chi connectivity index (χ0v) is 6.79. The molecule has 0 radical (unpaired) electrons. The van der Waals surface area contributed by atoms with Crippen molar-refractivity contribution in [2.24, 2.45) is 5.11 Å². The van der Waals surface area contributed by atoms with Crippen molar-refractivity contribution in [2.75, 3.05) is 0 Å². The number of rotatable bonds is 4. The topological polar surface area (TPSA) is 167 Å². The second-order valence-electron chi connectivity index (χ2n) is 2.01. The van der Waals surface area contributed by atoms with Gasteiger partial charge in [0.25, 0.3) is 12.1 Å². The molecule has 0 aliphatic heterocycles. The van der Waals surface area contributed by atoms with Crippen molar-refractivity contribution in [2.45, 2.75) is 0 Å². The molecule has 0 aromatic carbocycles. The molecule has 0 atom stereocenters. The Morgan fingerprint density at radius 3 is 2.73 bits per heavy atom. The van der Waals surface area contributed by atoms with Gasteiger partial charge in [-0.2, -0.15) is 0 Å². The number of nitro groups is 2. The van der Waals surface area contributed by atoms with E-state index in [0.717, 1.165) is 0 Å². The number of hydrogen-bond acceptors (Lipinski definition) is 6. The van der Waals surface area contributed by atoms with E-state index in [0.29, 0.717) is 11.0 Å². The zero-order valence-electron chi connectivity index (χ0n) is 6.79. The molecule has 0 unspecified atom stereocenters. The van der Waals surface area contributed by atoms with Gasteiger partial charge in [-0.15, -0.1) is 5.03 Å². The minimum Gasteiger partial charge on any atom is -0.373 e. The van der Waals surface area contributed by atoms with Crippen LogP contribution in [0.5, 0.6) is 0 Å². The molecule has 0 aliphatic carbocycles. The molecule has 0 amide bonds. The molecule has 12 nitrogen and oxygen atoms in total. The summed E-state index contributed by atoms with van der Waals surface area (Å²) in [7, 11) is 0. The molecule has 0 aliphatic rings. The molecule has 0 saturated carbocycles. The van der Waals surface area contributed by atoms with Gasteiger partial charge in [0.1, 0.15) is 0 Å². The van der Waals surface area contributed by atoms with Crippen LogP contribution in [0.25, 0.3) is 16.0 Å². The fourth-order valence-corrected chi connectivity index (χ4v) is 0.730. The van der Waals surface area contributed by atoms with Gasteiger partial charge < -0.3 is 20.2 Å². The second-order valence-corrected chi connectivity index (χ2v) is 2.01. The lowest BCUT2D eigenvalue weighted by atomic mass is 10.7. The predicted molar refractivity (Wildman–Crippen MR) is 43.4 cm³/mol. The van der Waals surface area contributed by atoms with Gasteiger partial charge in [0.05, 0.1) is 0 Å². The van der Waals surface area contributed by atoms with Gasteiger partial charge in [-0.25, -0.2) is 4.68 Å². The minimum atomic E-state index is -1.11. The van der Waals surface area contributed by atoms with E-state index in [-0.39, 0.29) is 0 Å². The monoisotopic (exact) mass is 213 g/mol. The third-order valence-electron chi connectivity index (χ3n) is 1.19. The van der Waals surface area contributed by atoms with E-state index in [1.165, 1.54) is 0 Å². The highest BCUT2D eigenvalue weighted by Crippen LogP contribution is 2.26. The first-order chi connectivity index (χ1) is 7.06. The van der Waals surface area contributed by atoms with Gasteiger partial charge in [-0.1, -0.05) is 0 Å². The van der Waals surface area contributed by atoms with Crippen LogP contribution in [0.2, 0.25) is 0 Å². The van der Waals surface area contributed by atoms with Crippen molar-refractivity contribution in [3.05, 3.63) is 42.5 Å². The lowest BCUT2D eigenvalue weighted by Gasteiger charge is -2.10. The zero-order chi connectivity index (χ0) is 11.4. The fourth-order valence-electron chi connectivity index (χ4n) is 0.730. The van der Waals surface area contributed by atoms with Gasteiger partial charge in [0, 0.05) is 9.90 Å². The molecule has 0 spiro atoms. The van der Waals surface area contributed by atoms with Gasteiger partial charge in [-0.05, 0) is 15.6 Å². The Hall–Kier alpha value is -2.88. The fraction of sp³-hybridized carbons (Fsp3) is 0. The van der Waals surface area contributed by atoms with Crippen LogP contribution in [0.1, 0.15) is 0 Å². The summed E-state index contributed by atoms with van der Waals surface area (Å²) in [5.74, 6) is -1.46. The average molecular weight is 213 g/mol. The van der Waals surface area contributed by atoms with E-state index >= 15 is 0 Å². The van der Waals surface area contributed by atoms with Crippen LogP contribution in [-0.4, -0.2) is 19.6 Å². The van der Waals surface area contributed by atoms with Crippen LogP contribution >= 0.6 is 0 Å². The molecule has 0 N–H and O–H groups in total. The lowest BCUT2D eigenvalue weighted by Crippen LogP contribution is -1.98. The molecule has 12 heteroatoms. The van der Waals surface area contributed by atoms with Crippen molar-refractivity contribution >= 4 is 11.6 Å². The smallest absolute Gasteiger partial charge is 0.373 e. The third-order valence-corrected chi connectivity index (χ3v) is 1.19. The molecule has 0 bridgehead atoms. The summed E-state index contributed by atoms with van der Waals surface area (Å²) in [6.07, 6.45) is 0.699. The van der Waals surface area contributed by atoms with Crippen molar-refractivity contribution in [3.63, 3.8) is 0 Å². The summed E-state index contributed by atoms with van der Waals surface area (Å²) >= 11 is 0. The van der Waals surface area contributed by atoms with Crippen molar-refractivity contribution in [3.8, 4) is 0 Å². The second kappa shape index (κ2) is 3.89. The highest BCUT2D eigenvalue weighted by atomic mass is 16.7. The Bertz CT molecular complexity index is 456. The van der Waals surface area contributed by atoms with Crippen molar-refractivity contribution in [1.29, 1.82) is 0 Å². The maximum absolute atomic E-state index is 10.3.